The Morgan fingerprint density at radius 3 is 2.43 bits per heavy atom. The highest BCUT2D eigenvalue weighted by Gasteiger charge is 2.41. The third kappa shape index (κ3) is 5.63. The fourth-order valence-corrected chi connectivity index (χ4v) is 2.73. The molecule has 1 aliphatic rings. The molecule has 1 saturated heterocycles. The zero-order valence-electron chi connectivity index (χ0n) is 13.7. The molecule has 0 radical (unpaired) electrons. The maximum Gasteiger partial charge on any atom is 0.239 e. The van der Waals surface area contributed by atoms with Gasteiger partial charge in [-0.15, -0.1) is 0 Å². The first kappa shape index (κ1) is 17.9. The number of likely N-dealkylation sites (tertiary alicyclic amines) is 1. The summed E-state index contributed by atoms with van der Waals surface area (Å²) in [5.41, 5.74) is -0.624. The molecule has 0 aliphatic carbocycles. The third-order valence-electron chi connectivity index (χ3n) is 3.63. The maximum atomic E-state index is 12.2. The molecule has 0 unspecified atom stereocenters. The van der Waals surface area contributed by atoms with Crippen LogP contribution in [0, 0.1) is 0 Å². The summed E-state index contributed by atoms with van der Waals surface area (Å²) < 4.78 is 0. The molecule has 0 aromatic rings. The summed E-state index contributed by atoms with van der Waals surface area (Å²) >= 11 is 0. The average molecular weight is 299 g/mol. The van der Waals surface area contributed by atoms with Gasteiger partial charge >= 0.3 is 0 Å². The number of rotatable bonds is 8. The van der Waals surface area contributed by atoms with Gasteiger partial charge in [-0.2, -0.15) is 0 Å². The first-order valence-corrected chi connectivity index (χ1v) is 7.81. The van der Waals surface area contributed by atoms with Crippen LogP contribution < -0.4 is 5.32 Å². The Hall–Kier alpha value is -1.14. The van der Waals surface area contributed by atoms with Gasteiger partial charge in [0.15, 0.2) is 0 Å². The fourth-order valence-electron chi connectivity index (χ4n) is 2.73. The van der Waals surface area contributed by atoms with Crippen LogP contribution in [0.1, 0.15) is 40.5 Å². The van der Waals surface area contributed by atoms with Crippen LogP contribution in [0.2, 0.25) is 0 Å². The molecule has 1 aliphatic heterocycles. The Labute approximate surface area is 127 Å². The molecule has 0 aromatic heterocycles. The van der Waals surface area contributed by atoms with E-state index in [1.165, 1.54) is 0 Å². The van der Waals surface area contributed by atoms with Gasteiger partial charge in [0.1, 0.15) is 0 Å². The van der Waals surface area contributed by atoms with Crippen molar-refractivity contribution in [1.82, 2.24) is 15.1 Å². The second-order valence-corrected chi connectivity index (χ2v) is 6.25. The van der Waals surface area contributed by atoms with E-state index in [1.54, 1.807) is 4.90 Å². The van der Waals surface area contributed by atoms with E-state index in [1.807, 2.05) is 32.6 Å². The number of aliphatic hydroxyl groups is 1. The van der Waals surface area contributed by atoms with Gasteiger partial charge in [0.25, 0.3) is 0 Å². The molecule has 0 saturated carbocycles. The number of β-amino-alcohol motifs (C(OH)–C–C–N with tert-alkyl or cyclic N) is 1. The van der Waals surface area contributed by atoms with Crippen molar-refractivity contribution in [1.29, 1.82) is 0 Å². The van der Waals surface area contributed by atoms with Crippen LogP contribution in [-0.4, -0.2) is 71.1 Å². The van der Waals surface area contributed by atoms with Crippen LogP contribution in [0.25, 0.3) is 0 Å². The average Bonchev–Trinajstić information content (AvgIpc) is 2.33. The fraction of sp³-hybridized carbons (Fsp3) is 0.867. The largest absolute Gasteiger partial charge is 0.387 e. The molecular weight excluding hydrogens is 270 g/mol. The van der Waals surface area contributed by atoms with E-state index in [9.17, 15) is 14.7 Å². The lowest BCUT2D eigenvalue weighted by Gasteiger charge is -2.46. The number of amides is 2. The van der Waals surface area contributed by atoms with Crippen LogP contribution in [0.3, 0.4) is 0 Å². The van der Waals surface area contributed by atoms with E-state index in [-0.39, 0.29) is 30.9 Å². The second kappa shape index (κ2) is 7.75. The van der Waals surface area contributed by atoms with Crippen LogP contribution >= 0.6 is 0 Å². The van der Waals surface area contributed by atoms with Crippen molar-refractivity contribution in [3.05, 3.63) is 0 Å². The summed E-state index contributed by atoms with van der Waals surface area (Å²) in [7, 11) is 0. The maximum absolute atomic E-state index is 12.2. The minimum absolute atomic E-state index is 0.0602. The lowest BCUT2D eigenvalue weighted by molar-refractivity contribution is -0.145. The molecule has 1 rings (SSSR count). The second-order valence-electron chi connectivity index (χ2n) is 6.25. The van der Waals surface area contributed by atoms with Crippen molar-refractivity contribution in [3.8, 4) is 0 Å². The van der Waals surface area contributed by atoms with Crippen LogP contribution in [0.4, 0.5) is 0 Å². The quantitative estimate of drug-likeness (QED) is 0.672. The molecule has 0 aromatic carbocycles. The van der Waals surface area contributed by atoms with E-state index >= 15 is 0 Å². The molecular formula is C15H29N3O3. The van der Waals surface area contributed by atoms with E-state index in [0.29, 0.717) is 19.6 Å². The van der Waals surface area contributed by atoms with Crippen molar-refractivity contribution in [2.45, 2.75) is 52.2 Å². The van der Waals surface area contributed by atoms with Gasteiger partial charge in [0.05, 0.1) is 18.7 Å². The Kier molecular flexibility index (Phi) is 6.61. The smallest absolute Gasteiger partial charge is 0.239 e. The van der Waals surface area contributed by atoms with Crippen LogP contribution in [-0.2, 0) is 9.59 Å². The third-order valence-corrected chi connectivity index (χ3v) is 3.63. The topological polar surface area (TPSA) is 72.9 Å². The Morgan fingerprint density at radius 1 is 1.33 bits per heavy atom. The minimum Gasteiger partial charge on any atom is -0.387 e. The van der Waals surface area contributed by atoms with E-state index in [2.05, 4.69) is 5.32 Å². The van der Waals surface area contributed by atoms with Crippen molar-refractivity contribution in [2.75, 3.05) is 32.7 Å². The summed E-state index contributed by atoms with van der Waals surface area (Å²) in [5, 5.41) is 12.9. The van der Waals surface area contributed by atoms with Gasteiger partial charge in [0.2, 0.25) is 11.8 Å². The normalized spacial score (nSPS) is 17.4. The summed E-state index contributed by atoms with van der Waals surface area (Å²) in [6, 6.07) is 0.0748. The Morgan fingerprint density at radius 2 is 1.95 bits per heavy atom. The standard InChI is InChI=1S/C15H29N3O3/c1-5-7-15(21)10-17(11-15)9-14(20)18(6-2)8-13(19)16-12(3)4/h12,21H,5-11H2,1-4H3,(H,16,19). The number of likely N-dealkylation sites (N-methyl/N-ethyl adjacent to an activating group) is 1. The lowest BCUT2D eigenvalue weighted by atomic mass is 9.89. The summed E-state index contributed by atoms with van der Waals surface area (Å²) in [6.45, 7) is 9.66. The molecule has 0 spiro atoms. The van der Waals surface area contributed by atoms with Gasteiger partial charge in [0, 0.05) is 25.7 Å². The molecule has 6 heteroatoms. The Bertz CT molecular complexity index is 365. The highest BCUT2D eigenvalue weighted by Crippen LogP contribution is 2.25. The molecule has 122 valence electrons. The number of carbonyl (C=O) groups is 2. The molecule has 1 fully saturated rings. The molecule has 21 heavy (non-hydrogen) atoms. The van der Waals surface area contributed by atoms with Crippen molar-refractivity contribution < 1.29 is 14.7 Å². The summed E-state index contributed by atoms with van der Waals surface area (Å²) in [6.07, 6.45) is 1.71. The highest BCUT2D eigenvalue weighted by atomic mass is 16.3. The molecule has 2 N–H and O–H groups in total. The summed E-state index contributed by atoms with van der Waals surface area (Å²) in [5.74, 6) is -0.193. The van der Waals surface area contributed by atoms with Crippen molar-refractivity contribution in [3.63, 3.8) is 0 Å². The Balaban J connectivity index is 2.38. The number of nitrogens with one attached hydrogen (secondary N) is 1. The predicted octanol–water partition coefficient (Wildman–Crippen LogP) is 0.206. The van der Waals surface area contributed by atoms with Gasteiger partial charge in [-0.25, -0.2) is 0 Å². The van der Waals surface area contributed by atoms with E-state index in [0.717, 1.165) is 12.8 Å². The van der Waals surface area contributed by atoms with Gasteiger partial charge in [-0.1, -0.05) is 13.3 Å². The molecule has 1 heterocycles. The number of hydrogen-bond acceptors (Lipinski definition) is 4. The monoisotopic (exact) mass is 299 g/mol. The highest BCUT2D eigenvalue weighted by molar-refractivity contribution is 5.85. The van der Waals surface area contributed by atoms with Gasteiger partial charge in [-0.3, -0.25) is 14.5 Å². The van der Waals surface area contributed by atoms with Gasteiger partial charge < -0.3 is 15.3 Å². The minimum atomic E-state index is -0.624. The molecule has 0 atom stereocenters. The van der Waals surface area contributed by atoms with E-state index in [4.69, 9.17) is 0 Å². The van der Waals surface area contributed by atoms with E-state index < -0.39 is 5.60 Å². The van der Waals surface area contributed by atoms with Crippen molar-refractivity contribution >= 4 is 11.8 Å². The van der Waals surface area contributed by atoms with Crippen LogP contribution in [0.5, 0.6) is 0 Å². The predicted molar refractivity (Wildman–Crippen MR) is 81.8 cm³/mol. The lowest BCUT2D eigenvalue weighted by Crippen LogP contribution is -2.63. The van der Waals surface area contributed by atoms with Crippen molar-refractivity contribution in [2.24, 2.45) is 0 Å². The SMILES string of the molecule is CCCC1(O)CN(CC(=O)N(CC)CC(=O)NC(C)C)C1. The summed E-state index contributed by atoms with van der Waals surface area (Å²) in [4.78, 5) is 27.4. The van der Waals surface area contributed by atoms with Crippen LogP contribution in [0.15, 0.2) is 0 Å². The molecule has 0 bridgehead atoms. The number of hydrogen-bond donors (Lipinski definition) is 2. The van der Waals surface area contributed by atoms with Gasteiger partial charge in [-0.05, 0) is 27.2 Å². The molecule has 6 nitrogen and oxygen atoms in total. The first-order chi connectivity index (χ1) is 9.79. The zero-order chi connectivity index (χ0) is 16.0. The molecule has 2 amide bonds. The first-order valence-electron chi connectivity index (χ1n) is 7.81. The number of carbonyl (C=O) groups excluding carboxylic acids is 2. The zero-order valence-corrected chi connectivity index (χ0v) is 13.7. The number of nitrogens with zero attached hydrogens (tertiary/aromatic N) is 2.